The van der Waals surface area contributed by atoms with Gasteiger partial charge in [0.1, 0.15) is 0 Å². The van der Waals surface area contributed by atoms with Crippen molar-refractivity contribution in [2.24, 2.45) is 0 Å². The van der Waals surface area contributed by atoms with E-state index in [4.69, 9.17) is 11.6 Å². The van der Waals surface area contributed by atoms with Crippen LogP contribution in [0.1, 0.15) is 6.92 Å². The van der Waals surface area contributed by atoms with Gasteiger partial charge in [-0.2, -0.15) is 12.1 Å². The van der Waals surface area contributed by atoms with Crippen LogP contribution in [-0.4, -0.2) is 4.57 Å². The van der Waals surface area contributed by atoms with E-state index in [2.05, 4.69) is 6.07 Å². The van der Waals surface area contributed by atoms with E-state index in [1.165, 1.54) is 10.6 Å². The molecule has 0 amide bonds. The van der Waals surface area contributed by atoms with Gasteiger partial charge >= 0.3 is 0 Å². The summed E-state index contributed by atoms with van der Waals surface area (Å²) >= 11 is 7.66. The monoisotopic (exact) mass is 465 g/mol. The topological polar surface area (TPSA) is 22.0 Å². The van der Waals surface area contributed by atoms with Crippen molar-refractivity contribution in [3.63, 3.8) is 0 Å². The van der Waals surface area contributed by atoms with E-state index in [-0.39, 0.29) is 38.3 Å². The molecule has 1 radical (unpaired) electrons. The van der Waals surface area contributed by atoms with Crippen LogP contribution in [0.25, 0.3) is 11.3 Å². The van der Waals surface area contributed by atoms with Gasteiger partial charge in [0.05, 0.1) is 5.82 Å². The van der Waals surface area contributed by atoms with Gasteiger partial charge in [-0.15, -0.1) is 28.7 Å². The molecule has 0 fully saturated rings. The average molecular weight is 465 g/mol. The zero-order valence-corrected chi connectivity index (χ0v) is 15.8. The van der Waals surface area contributed by atoms with Crippen LogP contribution in [-0.2, 0) is 39.3 Å². The molecule has 0 aliphatic rings. The maximum Gasteiger partial charge on any atom is 0.207 e. The van der Waals surface area contributed by atoms with Gasteiger partial charge in [0.2, 0.25) is 5.56 Å². The van der Waals surface area contributed by atoms with Gasteiger partial charge < -0.3 is 4.57 Å². The van der Waals surface area contributed by atoms with Crippen molar-refractivity contribution in [2.45, 2.75) is 13.5 Å². The Morgan fingerprint density at radius 1 is 1.47 bits per heavy atom. The van der Waals surface area contributed by atoms with Crippen LogP contribution in [0.15, 0.2) is 29.1 Å². The Kier molecular flexibility index (Phi) is 6.63. The zero-order valence-electron chi connectivity index (χ0n) is 10.1. The number of nitrogens with zero attached hydrogens (tertiary/aromatic N) is 1. The molecule has 1 aromatic carbocycles. The minimum atomic E-state index is -0.457. The molecular formula is C13H9ClFINOY-. The Hall–Kier alpha value is 0.224. The minimum absolute atomic E-state index is 0. The molecule has 0 spiro atoms. The number of halogens is 3. The number of rotatable bonds is 2. The molecule has 0 atom stereocenters. The van der Waals surface area contributed by atoms with E-state index >= 15 is 0 Å². The molecule has 0 aliphatic carbocycles. The predicted molar refractivity (Wildman–Crippen MR) is 78.3 cm³/mol. The number of benzene rings is 1. The minimum Gasteiger partial charge on any atom is -0.342 e. The van der Waals surface area contributed by atoms with Crippen LogP contribution >= 0.6 is 34.2 Å². The van der Waals surface area contributed by atoms with Crippen LogP contribution in [0.3, 0.4) is 0 Å². The normalized spacial score (nSPS) is 10.1. The Labute approximate surface area is 154 Å². The van der Waals surface area contributed by atoms with Crippen molar-refractivity contribution in [2.75, 3.05) is 0 Å². The molecule has 19 heavy (non-hydrogen) atoms. The first-order valence-electron chi connectivity index (χ1n) is 5.31. The van der Waals surface area contributed by atoms with Crippen molar-refractivity contribution in [3.8, 4) is 11.3 Å². The van der Waals surface area contributed by atoms with Crippen molar-refractivity contribution in [1.82, 2.24) is 4.57 Å². The molecule has 1 heterocycles. The van der Waals surface area contributed by atoms with Gasteiger partial charge in [0.15, 0.2) is 0 Å². The Morgan fingerprint density at radius 2 is 2.16 bits per heavy atom. The largest absolute Gasteiger partial charge is 0.342 e. The van der Waals surface area contributed by atoms with Crippen molar-refractivity contribution in [3.05, 3.63) is 55.1 Å². The molecule has 0 bridgehead atoms. The zero-order chi connectivity index (χ0) is 13.3. The smallest absolute Gasteiger partial charge is 0.207 e. The van der Waals surface area contributed by atoms with E-state index < -0.39 is 5.82 Å². The summed E-state index contributed by atoms with van der Waals surface area (Å²) in [7, 11) is 0. The molecular weight excluding hydrogens is 456 g/mol. The first-order chi connectivity index (χ1) is 8.54. The number of aromatic nitrogens is 1. The molecule has 0 N–H and O–H groups in total. The third kappa shape index (κ3) is 3.66. The summed E-state index contributed by atoms with van der Waals surface area (Å²) in [6.07, 6.45) is 0. The quantitative estimate of drug-likeness (QED) is 0.490. The summed E-state index contributed by atoms with van der Waals surface area (Å²) in [6.45, 7) is 2.30. The third-order valence-electron chi connectivity index (χ3n) is 2.56. The van der Waals surface area contributed by atoms with Crippen LogP contribution in [0.5, 0.6) is 0 Å². The van der Waals surface area contributed by atoms with E-state index in [0.717, 1.165) is 0 Å². The van der Waals surface area contributed by atoms with E-state index in [9.17, 15) is 9.18 Å². The van der Waals surface area contributed by atoms with Gasteiger partial charge in [-0.1, -0.05) is 28.9 Å². The number of pyridine rings is 1. The van der Waals surface area contributed by atoms with Crippen LogP contribution in [0.4, 0.5) is 4.39 Å². The van der Waals surface area contributed by atoms with Gasteiger partial charge in [-0.3, -0.25) is 4.79 Å². The molecule has 1 aromatic heterocycles. The molecule has 2 aromatic rings. The fourth-order valence-electron chi connectivity index (χ4n) is 1.71. The predicted octanol–water partition coefficient (Wildman–Crippen LogP) is 3.73. The molecule has 0 aliphatic heterocycles. The second-order valence-corrected chi connectivity index (χ2v) is 5.26. The summed E-state index contributed by atoms with van der Waals surface area (Å²) in [4.78, 5) is 12.0. The maximum absolute atomic E-state index is 13.9. The fourth-order valence-corrected chi connectivity index (χ4v) is 2.31. The fraction of sp³-hybridized carbons (Fsp3) is 0.154. The van der Waals surface area contributed by atoms with Gasteiger partial charge in [0.25, 0.3) is 0 Å². The molecule has 0 saturated heterocycles. The van der Waals surface area contributed by atoms with Crippen molar-refractivity contribution >= 4 is 34.2 Å². The first-order valence-corrected chi connectivity index (χ1v) is 6.76. The standard InChI is InChI=1S/C13H9ClFINO.Y/c1-2-17-12(6-5-11(16)13(17)18)9-4-3-8(14)7-10(9)15;/h3-5,7H,2H2,1H3;/q-1;. The van der Waals surface area contributed by atoms with Crippen molar-refractivity contribution < 1.29 is 37.1 Å². The van der Waals surface area contributed by atoms with E-state index in [1.54, 1.807) is 18.2 Å². The number of hydrogen-bond donors (Lipinski definition) is 0. The summed E-state index contributed by atoms with van der Waals surface area (Å²) in [5.41, 5.74) is 0.632. The van der Waals surface area contributed by atoms with Crippen LogP contribution in [0, 0.1) is 15.5 Å². The molecule has 2 nitrogen and oxygen atoms in total. The summed E-state index contributed by atoms with van der Waals surface area (Å²) < 4.78 is 15.9. The molecule has 2 rings (SSSR count). The van der Waals surface area contributed by atoms with Crippen LogP contribution in [0.2, 0.25) is 5.02 Å². The second-order valence-electron chi connectivity index (χ2n) is 3.66. The summed E-state index contributed by atoms with van der Waals surface area (Å²) in [6, 6.07) is 8.89. The Balaban J connectivity index is 0.00000180. The van der Waals surface area contributed by atoms with Crippen LogP contribution < -0.4 is 5.56 Å². The summed E-state index contributed by atoms with van der Waals surface area (Å²) in [5.74, 6) is -0.457. The Morgan fingerprint density at radius 3 is 2.74 bits per heavy atom. The van der Waals surface area contributed by atoms with Crippen molar-refractivity contribution in [1.29, 1.82) is 0 Å². The van der Waals surface area contributed by atoms with E-state index in [1.807, 2.05) is 29.5 Å². The summed E-state index contributed by atoms with van der Waals surface area (Å²) in [5, 5.41) is 0.326. The maximum atomic E-state index is 13.9. The first kappa shape index (κ1) is 17.3. The number of hydrogen-bond acceptors (Lipinski definition) is 1. The van der Waals surface area contributed by atoms with Gasteiger partial charge in [-0.25, -0.2) is 4.39 Å². The Bertz CT molecular complexity index is 660. The molecule has 97 valence electrons. The van der Waals surface area contributed by atoms with Gasteiger partial charge in [-0.05, 0) is 16.6 Å². The van der Waals surface area contributed by atoms with E-state index in [0.29, 0.717) is 26.4 Å². The molecule has 6 heteroatoms. The molecule has 0 unspecified atom stereocenters. The molecule has 0 saturated carbocycles. The van der Waals surface area contributed by atoms with Gasteiger partial charge in [0, 0.05) is 44.3 Å². The second kappa shape index (κ2) is 7.29. The third-order valence-corrected chi connectivity index (χ3v) is 3.57. The average Bonchev–Trinajstić information content (AvgIpc) is 2.33. The SMILES string of the molecule is CCn1c(-c2ccc(Cl)cc2F)[c-]cc(I)c1=O.[Y].